The van der Waals surface area contributed by atoms with Crippen molar-refractivity contribution in [1.29, 1.82) is 0 Å². The Bertz CT molecular complexity index is 680. The molecule has 2 heterocycles. The molecule has 3 rings (SSSR count). The fraction of sp³-hybridized carbons (Fsp3) is 0.250. The summed E-state index contributed by atoms with van der Waals surface area (Å²) < 4.78 is 1.96. The summed E-state index contributed by atoms with van der Waals surface area (Å²) in [5, 5.41) is 7.94. The Balaban J connectivity index is 1.81. The van der Waals surface area contributed by atoms with Crippen LogP contribution in [0.25, 0.3) is 0 Å². The van der Waals surface area contributed by atoms with Crippen LogP contribution in [0.4, 0.5) is 11.5 Å². The van der Waals surface area contributed by atoms with Crippen LogP contribution in [0.2, 0.25) is 5.02 Å². The van der Waals surface area contributed by atoms with Crippen LogP contribution in [0.5, 0.6) is 0 Å². The van der Waals surface area contributed by atoms with Gasteiger partial charge in [-0.15, -0.1) is 0 Å². The van der Waals surface area contributed by atoms with Gasteiger partial charge in [0.05, 0.1) is 6.20 Å². The summed E-state index contributed by atoms with van der Waals surface area (Å²) in [5.41, 5.74) is 1.06. The van der Waals surface area contributed by atoms with E-state index in [9.17, 15) is 4.79 Å². The predicted octanol–water partition coefficient (Wildman–Crippen LogP) is 2.61. The van der Waals surface area contributed by atoms with Crippen molar-refractivity contribution in [1.82, 2.24) is 15.1 Å². The van der Waals surface area contributed by atoms with Gasteiger partial charge in [-0.25, -0.2) is 4.68 Å². The van der Waals surface area contributed by atoms with Crippen molar-refractivity contribution >= 4 is 29.0 Å². The van der Waals surface area contributed by atoms with Gasteiger partial charge in [0.2, 0.25) is 5.91 Å². The first-order valence-electron chi connectivity index (χ1n) is 7.12. The zero-order valence-corrected chi connectivity index (χ0v) is 12.8. The fourth-order valence-corrected chi connectivity index (χ4v) is 2.78. The second kappa shape index (κ2) is 6.23. The Kier molecular flexibility index (Phi) is 4.15. The molecule has 114 valence electrons. The number of amides is 1. The molecule has 1 aliphatic heterocycles. The minimum atomic E-state index is -0.149. The highest BCUT2D eigenvalue weighted by atomic mass is 35.5. The summed E-state index contributed by atoms with van der Waals surface area (Å²) >= 11 is 5.97. The second-order valence-corrected chi connectivity index (χ2v) is 5.71. The summed E-state index contributed by atoms with van der Waals surface area (Å²) in [6.45, 7) is 5.65. The van der Waals surface area contributed by atoms with Gasteiger partial charge in [0, 0.05) is 42.3 Å². The van der Waals surface area contributed by atoms with Crippen LogP contribution in [0.15, 0.2) is 49.2 Å². The first-order chi connectivity index (χ1) is 10.7. The number of anilines is 2. The lowest BCUT2D eigenvalue weighted by Crippen LogP contribution is -2.41. The molecule has 5 nitrogen and oxygen atoms in total. The quantitative estimate of drug-likeness (QED) is 0.882. The minimum absolute atomic E-state index is 0.149. The molecule has 0 bridgehead atoms. The van der Waals surface area contributed by atoms with Crippen molar-refractivity contribution in [3.8, 4) is 0 Å². The molecule has 0 aliphatic carbocycles. The van der Waals surface area contributed by atoms with E-state index in [2.05, 4.69) is 21.9 Å². The van der Waals surface area contributed by atoms with Crippen LogP contribution in [-0.4, -0.2) is 28.8 Å². The van der Waals surface area contributed by atoms with Gasteiger partial charge in [-0.05, 0) is 30.3 Å². The van der Waals surface area contributed by atoms with Gasteiger partial charge < -0.3 is 10.2 Å². The van der Waals surface area contributed by atoms with Crippen molar-refractivity contribution in [2.75, 3.05) is 18.0 Å². The molecule has 0 radical (unpaired) electrons. The lowest BCUT2D eigenvalue weighted by molar-refractivity contribution is -0.116. The van der Waals surface area contributed by atoms with Crippen molar-refractivity contribution in [2.45, 2.75) is 6.54 Å². The molecule has 1 aliphatic rings. The van der Waals surface area contributed by atoms with Crippen molar-refractivity contribution < 1.29 is 4.79 Å². The van der Waals surface area contributed by atoms with Gasteiger partial charge in [-0.1, -0.05) is 18.2 Å². The smallest absolute Gasteiger partial charge is 0.243 e. The number of hydrogen-bond acceptors (Lipinski definition) is 3. The topological polar surface area (TPSA) is 50.2 Å². The number of benzene rings is 1. The number of nitrogens with one attached hydrogen (secondary N) is 1. The normalized spacial score (nSPS) is 17.0. The number of aromatic nitrogens is 2. The van der Waals surface area contributed by atoms with Crippen LogP contribution in [-0.2, 0) is 11.3 Å². The van der Waals surface area contributed by atoms with Gasteiger partial charge in [-0.3, -0.25) is 4.79 Å². The van der Waals surface area contributed by atoms with E-state index in [1.165, 1.54) is 6.08 Å². The third-order valence-corrected chi connectivity index (χ3v) is 3.98. The van der Waals surface area contributed by atoms with Gasteiger partial charge in [0.25, 0.3) is 0 Å². The van der Waals surface area contributed by atoms with Gasteiger partial charge in [-0.2, -0.15) is 5.10 Å². The summed E-state index contributed by atoms with van der Waals surface area (Å²) in [7, 11) is 0. The zero-order chi connectivity index (χ0) is 15.5. The maximum absolute atomic E-state index is 11.4. The van der Waals surface area contributed by atoms with E-state index in [1.54, 1.807) is 6.20 Å². The zero-order valence-electron chi connectivity index (χ0n) is 12.1. The van der Waals surface area contributed by atoms with E-state index >= 15 is 0 Å². The SMILES string of the molecule is C=CC(=O)NC[C@H]1CN(c2ccc(Cl)cc2)c2ccnn2C1. The maximum atomic E-state index is 11.4. The summed E-state index contributed by atoms with van der Waals surface area (Å²) in [4.78, 5) is 13.6. The lowest BCUT2D eigenvalue weighted by atomic mass is 10.1. The third kappa shape index (κ3) is 2.99. The summed E-state index contributed by atoms with van der Waals surface area (Å²) in [6, 6.07) is 9.73. The van der Waals surface area contributed by atoms with Crippen LogP contribution in [0, 0.1) is 5.92 Å². The van der Waals surface area contributed by atoms with E-state index in [1.807, 2.05) is 35.0 Å². The molecule has 1 atom stereocenters. The van der Waals surface area contributed by atoms with E-state index in [-0.39, 0.29) is 11.8 Å². The second-order valence-electron chi connectivity index (χ2n) is 5.27. The van der Waals surface area contributed by atoms with E-state index < -0.39 is 0 Å². The molecule has 0 unspecified atom stereocenters. The number of nitrogens with zero attached hydrogens (tertiary/aromatic N) is 3. The molecule has 0 spiro atoms. The number of fused-ring (bicyclic) bond motifs is 1. The Hall–Kier alpha value is -2.27. The lowest BCUT2D eigenvalue weighted by Gasteiger charge is -2.34. The van der Waals surface area contributed by atoms with Crippen molar-refractivity contribution in [3.05, 3.63) is 54.2 Å². The van der Waals surface area contributed by atoms with Crippen molar-refractivity contribution in [3.63, 3.8) is 0 Å². The predicted molar refractivity (Wildman–Crippen MR) is 87.4 cm³/mol. The molecule has 6 heteroatoms. The number of carbonyl (C=O) groups excluding carboxylic acids is 1. The largest absolute Gasteiger partial charge is 0.352 e. The van der Waals surface area contributed by atoms with Gasteiger partial charge in [0.15, 0.2) is 0 Å². The molecule has 0 fully saturated rings. The Labute approximate surface area is 134 Å². The molecule has 0 saturated heterocycles. The number of rotatable bonds is 4. The summed E-state index contributed by atoms with van der Waals surface area (Å²) in [6.07, 6.45) is 3.09. The molecule has 1 N–H and O–H groups in total. The molecule has 1 aromatic carbocycles. The molecule has 0 saturated carbocycles. The molecule has 22 heavy (non-hydrogen) atoms. The van der Waals surface area contributed by atoms with E-state index in [0.717, 1.165) is 24.6 Å². The molecule has 2 aromatic rings. The average molecular weight is 317 g/mol. The molecular formula is C16H17ClN4O. The number of hydrogen-bond donors (Lipinski definition) is 1. The van der Waals surface area contributed by atoms with Gasteiger partial charge >= 0.3 is 0 Å². The first-order valence-corrected chi connectivity index (χ1v) is 7.50. The molecule has 1 aromatic heterocycles. The number of carbonyl (C=O) groups is 1. The fourth-order valence-electron chi connectivity index (χ4n) is 2.65. The van der Waals surface area contributed by atoms with Crippen LogP contribution in [0.3, 0.4) is 0 Å². The molecular weight excluding hydrogens is 300 g/mol. The van der Waals surface area contributed by atoms with E-state index in [4.69, 9.17) is 11.6 Å². The van der Waals surface area contributed by atoms with Crippen LogP contribution >= 0.6 is 11.6 Å². The highest BCUT2D eigenvalue weighted by molar-refractivity contribution is 6.30. The van der Waals surface area contributed by atoms with Crippen LogP contribution in [0.1, 0.15) is 0 Å². The summed E-state index contributed by atoms with van der Waals surface area (Å²) in [5.74, 6) is 1.17. The standard InChI is InChI=1S/C16H17ClN4O/c1-2-15(22)18-9-12-10-20(14-5-3-13(17)4-6-14)16-7-8-19-21(16)11-12/h2-8,12H,1,9-11H2,(H,18,22)/t12-/m0/s1. The Morgan fingerprint density at radius 2 is 2.14 bits per heavy atom. The first kappa shape index (κ1) is 14.7. The number of halogens is 1. The molecule has 1 amide bonds. The van der Waals surface area contributed by atoms with Crippen molar-refractivity contribution in [2.24, 2.45) is 5.92 Å². The van der Waals surface area contributed by atoms with Gasteiger partial charge in [0.1, 0.15) is 5.82 Å². The third-order valence-electron chi connectivity index (χ3n) is 3.73. The van der Waals surface area contributed by atoms with Crippen LogP contribution < -0.4 is 10.2 Å². The van der Waals surface area contributed by atoms with E-state index in [0.29, 0.717) is 11.6 Å². The Morgan fingerprint density at radius 3 is 2.86 bits per heavy atom. The average Bonchev–Trinajstić information content (AvgIpc) is 3.01. The minimum Gasteiger partial charge on any atom is -0.352 e. The maximum Gasteiger partial charge on any atom is 0.243 e. The highest BCUT2D eigenvalue weighted by Crippen LogP contribution is 2.31. The Morgan fingerprint density at radius 1 is 1.36 bits per heavy atom. The highest BCUT2D eigenvalue weighted by Gasteiger charge is 2.26. The monoisotopic (exact) mass is 316 g/mol.